The first-order valence-electron chi connectivity index (χ1n) is 13.1. The molecule has 0 unspecified atom stereocenters. The van der Waals surface area contributed by atoms with Crippen LogP contribution >= 0.6 is 0 Å². The zero-order chi connectivity index (χ0) is 22.3. The summed E-state index contributed by atoms with van der Waals surface area (Å²) < 4.78 is 2.43. The topological polar surface area (TPSA) is 26.7 Å². The van der Waals surface area contributed by atoms with Crippen LogP contribution in [0.15, 0.2) is 60.7 Å². The van der Waals surface area contributed by atoms with Gasteiger partial charge < -0.3 is 5.11 Å². The van der Waals surface area contributed by atoms with Crippen molar-refractivity contribution in [1.82, 2.24) is 9.80 Å². The minimum Gasteiger partial charge on any atom is -0.396 e. The lowest BCUT2D eigenvalue weighted by Crippen LogP contribution is -2.87. The Morgan fingerprint density at radius 3 is 2.03 bits per heavy atom. The molecule has 1 N–H and O–H groups in total. The van der Waals surface area contributed by atoms with Crippen molar-refractivity contribution in [1.29, 1.82) is 0 Å². The molecule has 0 saturated carbocycles. The molecule has 33 heavy (non-hydrogen) atoms. The van der Waals surface area contributed by atoms with Gasteiger partial charge in [0.05, 0.1) is 39.3 Å². The molecule has 5 heteroatoms. The Labute approximate surface area is 199 Å². The fourth-order valence-electron chi connectivity index (χ4n) is 7.95. The average Bonchev–Trinajstić information content (AvgIpc) is 2.84. The Morgan fingerprint density at radius 1 is 0.727 bits per heavy atom. The van der Waals surface area contributed by atoms with E-state index >= 15 is 0 Å². The third kappa shape index (κ3) is 3.84. The van der Waals surface area contributed by atoms with Crippen LogP contribution in [0, 0.1) is 5.92 Å². The molecule has 4 heterocycles. The van der Waals surface area contributed by atoms with Crippen LogP contribution in [0.4, 0.5) is 0 Å². The molecule has 4 aliphatic heterocycles. The normalized spacial score (nSPS) is 36.3. The summed E-state index contributed by atoms with van der Waals surface area (Å²) in [5, 5.41) is 9.81. The zero-order valence-corrected chi connectivity index (χ0v) is 19.9. The third-order valence-corrected chi connectivity index (χ3v) is 9.18. The Balaban J connectivity index is 1.40. The van der Waals surface area contributed by atoms with Crippen LogP contribution in [0.2, 0.25) is 0 Å². The quantitative estimate of drug-likeness (QED) is 0.689. The van der Waals surface area contributed by atoms with Crippen molar-refractivity contribution in [3.8, 4) is 0 Å². The van der Waals surface area contributed by atoms with Crippen molar-refractivity contribution >= 4 is 0 Å². The van der Waals surface area contributed by atoms with E-state index in [-0.39, 0.29) is 0 Å². The highest BCUT2D eigenvalue weighted by molar-refractivity contribution is 5.15. The number of rotatable bonds is 6. The van der Waals surface area contributed by atoms with Gasteiger partial charge >= 0.3 is 0 Å². The second-order valence-corrected chi connectivity index (χ2v) is 11.2. The number of benzene rings is 2. The third-order valence-electron chi connectivity index (χ3n) is 9.18. The molecule has 176 valence electrons. The second kappa shape index (κ2) is 8.79. The summed E-state index contributed by atoms with van der Waals surface area (Å²) >= 11 is 0. The van der Waals surface area contributed by atoms with Gasteiger partial charge in [0.25, 0.3) is 0 Å². The minimum absolute atomic E-state index is 0.318. The van der Waals surface area contributed by atoms with Crippen LogP contribution < -0.4 is 0 Å². The summed E-state index contributed by atoms with van der Waals surface area (Å²) in [6.07, 6.45) is 3.41. The standard InChI is InChI=1S/C28H40N4O/c33-19-12-26-20-30-15-17-31(21-24-8-3-1-4-9-24)16-7-13-29-14-18-32(23-26,28(30)27(29)31)22-25-10-5-2-6-11-25/h1-6,8-11,26-28,33H,7,12-23H2/q+2/t26-,27-,28-,31-,32-/m0/s1. The molecular formula is C28H40N4O+2. The van der Waals surface area contributed by atoms with Crippen LogP contribution in [0.3, 0.4) is 0 Å². The maximum absolute atomic E-state index is 9.81. The van der Waals surface area contributed by atoms with Gasteiger partial charge in [-0.1, -0.05) is 60.7 Å². The minimum atomic E-state index is 0.318. The van der Waals surface area contributed by atoms with E-state index in [0.29, 0.717) is 24.9 Å². The van der Waals surface area contributed by atoms with Crippen molar-refractivity contribution in [3.63, 3.8) is 0 Å². The Kier molecular flexibility index (Phi) is 5.79. The smallest absolute Gasteiger partial charge is 0.214 e. The Hall–Kier alpha value is -1.76. The van der Waals surface area contributed by atoms with Crippen LogP contribution in [-0.4, -0.2) is 95.2 Å². The molecule has 0 aliphatic carbocycles. The van der Waals surface area contributed by atoms with Crippen LogP contribution in [0.25, 0.3) is 0 Å². The van der Waals surface area contributed by atoms with E-state index < -0.39 is 0 Å². The maximum atomic E-state index is 9.81. The van der Waals surface area contributed by atoms with Gasteiger partial charge in [-0.15, -0.1) is 0 Å². The van der Waals surface area contributed by atoms with Crippen LogP contribution in [0.1, 0.15) is 24.0 Å². The molecule has 5 nitrogen and oxygen atoms in total. The molecule has 2 aromatic rings. The fourth-order valence-corrected chi connectivity index (χ4v) is 7.95. The summed E-state index contributed by atoms with van der Waals surface area (Å²) in [6.45, 7) is 12.4. The zero-order valence-electron chi connectivity index (χ0n) is 19.9. The summed E-state index contributed by atoms with van der Waals surface area (Å²) in [5.74, 6) is 0.597. The molecule has 6 rings (SSSR count). The largest absolute Gasteiger partial charge is 0.396 e. The monoisotopic (exact) mass is 448 g/mol. The Bertz CT molecular complexity index is 939. The van der Waals surface area contributed by atoms with Crippen molar-refractivity contribution in [2.24, 2.45) is 5.92 Å². The van der Waals surface area contributed by atoms with Crippen molar-refractivity contribution in [2.75, 3.05) is 59.0 Å². The number of quaternary nitrogens is 2. The summed E-state index contributed by atoms with van der Waals surface area (Å²) in [5.41, 5.74) is 2.96. The van der Waals surface area contributed by atoms with E-state index in [9.17, 15) is 5.11 Å². The second-order valence-electron chi connectivity index (χ2n) is 11.2. The van der Waals surface area contributed by atoms with Crippen molar-refractivity contribution in [3.05, 3.63) is 71.8 Å². The number of piperazine rings is 2. The molecule has 5 atom stereocenters. The molecule has 4 fully saturated rings. The van der Waals surface area contributed by atoms with Crippen LogP contribution in [-0.2, 0) is 13.1 Å². The predicted molar refractivity (Wildman–Crippen MR) is 131 cm³/mol. The lowest BCUT2D eigenvalue weighted by atomic mass is 9.88. The number of nitrogens with zero attached hydrogens (tertiary/aromatic N) is 4. The van der Waals surface area contributed by atoms with Gasteiger partial charge in [0.2, 0.25) is 12.3 Å². The van der Waals surface area contributed by atoms with Gasteiger partial charge in [-0.2, -0.15) is 0 Å². The van der Waals surface area contributed by atoms with Gasteiger partial charge in [0.15, 0.2) is 0 Å². The number of aliphatic hydroxyl groups excluding tert-OH is 1. The van der Waals surface area contributed by atoms with Gasteiger partial charge in [0, 0.05) is 43.2 Å². The molecule has 0 amide bonds. The summed E-state index contributed by atoms with van der Waals surface area (Å²) in [7, 11) is 0. The molecule has 0 spiro atoms. The first kappa shape index (κ1) is 21.8. The van der Waals surface area contributed by atoms with E-state index in [1.54, 1.807) is 0 Å². The van der Waals surface area contributed by atoms with E-state index in [1.807, 2.05) is 0 Å². The fraction of sp³-hybridized carbons (Fsp3) is 0.571. The van der Waals surface area contributed by atoms with Gasteiger partial charge in [-0.05, 0) is 6.42 Å². The summed E-state index contributed by atoms with van der Waals surface area (Å²) in [6, 6.07) is 22.4. The Morgan fingerprint density at radius 2 is 1.33 bits per heavy atom. The highest BCUT2D eigenvalue weighted by Gasteiger charge is 2.65. The van der Waals surface area contributed by atoms with Crippen molar-refractivity contribution in [2.45, 2.75) is 38.3 Å². The van der Waals surface area contributed by atoms with E-state index in [0.717, 1.165) is 26.1 Å². The highest BCUT2D eigenvalue weighted by Crippen LogP contribution is 2.44. The van der Waals surface area contributed by atoms with Crippen LogP contribution in [0.5, 0.6) is 0 Å². The van der Waals surface area contributed by atoms with Gasteiger partial charge in [-0.25, -0.2) is 9.80 Å². The number of hydrogen-bond acceptors (Lipinski definition) is 3. The predicted octanol–water partition coefficient (Wildman–Crippen LogP) is 2.72. The van der Waals surface area contributed by atoms with E-state index in [4.69, 9.17) is 0 Å². The number of aliphatic hydroxyl groups is 1. The molecule has 2 aromatic carbocycles. The molecule has 0 radical (unpaired) electrons. The van der Waals surface area contributed by atoms with Gasteiger partial charge in [0.1, 0.15) is 13.1 Å². The lowest BCUT2D eigenvalue weighted by Gasteiger charge is -2.67. The lowest BCUT2D eigenvalue weighted by molar-refractivity contribution is -1.07. The molecular weight excluding hydrogens is 408 g/mol. The average molecular weight is 449 g/mol. The first-order chi connectivity index (χ1) is 16.2. The number of hydrogen-bond donors (Lipinski definition) is 1. The molecule has 4 saturated heterocycles. The van der Waals surface area contributed by atoms with E-state index in [1.165, 1.54) is 72.3 Å². The summed E-state index contributed by atoms with van der Waals surface area (Å²) in [4.78, 5) is 5.73. The first-order valence-corrected chi connectivity index (χ1v) is 13.1. The van der Waals surface area contributed by atoms with Crippen molar-refractivity contribution < 1.29 is 14.1 Å². The SMILES string of the molecule is OCC[C@H]1CN2CC[N@+]3(Cc4ccccc4)CCCN4CC[N@+](Cc5ccccc5)(C1)[C@H]2[C@@H]43. The molecule has 0 bridgehead atoms. The molecule has 4 aliphatic rings. The van der Waals surface area contributed by atoms with Gasteiger partial charge in [-0.3, -0.25) is 8.97 Å². The maximum Gasteiger partial charge on any atom is 0.214 e. The van der Waals surface area contributed by atoms with E-state index in [2.05, 4.69) is 70.5 Å². The highest BCUT2D eigenvalue weighted by atomic mass is 16.3. The molecule has 0 aromatic heterocycles.